The number of allylic oxidation sites excluding steroid dienone is 2. The molecule has 0 aromatic rings. The number of hydrogen-bond donors (Lipinski definition) is 1. The summed E-state index contributed by atoms with van der Waals surface area (Å²) in [6.45, 7) is 4.60. The van der Waals surface area contributed by atoms with Crippen molar-refractivity contribution in [3.8, 4) is 0 Å². The average Bonchev–Trinajstić information content (AvgIpc) is 2.68. The lowest BCUT2D eigenvalue weighted by Gasteiger charge is -2.35. The molecule has 5 heteroatoms. The first-order valence-corrected chi connectivity index (χ1v) is 14.8. The summed E-state index contributed by atoms with van der Waals surface area (Å²) in [5, 5.41) is 0. The Morgan fingerprint density at radius 2 is 1.16 bits per heavy atom. The quantitative estimate of drug-likeness (QED) is 0.0763. The van der Waals surface area contributed by atoms with Crippen molar-refractivity contribution in [2.45, 2.75) is 129 Å². The zero-order chi connectivity index (χ0) is 23.4. The highest BCUT2D eigenvalue weighted by Crippen LogP contribution is 2.51. The van der Waals surface area contributed by atoms with E-state index in [2.05, 4.69) is 19.1 Å². The summed E-state index contributed by atoms with van der Waals surface area (Å²) in [5.41, 5.74) is 0. The molecule has 0 fully saturated rings. The number of rotatable bonds is 22. The Balaban J connectivity index is 3.44. The van der Waals surface area contributed by atoms with Crippen LogP contribution in [0.5, 0.6) is 0 Å². The third kappa shape index (κ3) is 18.0. The predicted molar refractivity (Wildman–Crippen MR) is 137 cm³/mol. The molecule has 0 aliphatic carbocycles. The first kappa shape index (κ1) is 30.9. The van der Waals surface area contributed by atoms with Crippen LogP contribution in [-0.2, 0) is 9.09 Å². The molecule has 0 aromatic carbocycles. The molecule has 31 heavy (non-hydrogen) atoms. The van der Waals surface area contributed by atoms with Crippen LogP contribution >= 0.6 is 7.60 Å². The minimum absolute atomic E-state index is 0.347. The van der Waals surface area contributed by atoms with E-state index in [4.69, 9.17) is 4.52 Å². The van der Waals surface area contributed by atoms with Gasteiger partial charge in [-0.15, -0.1) is 0 Å². The van der Waals surface area contributed by atoms with Gasteiger partial charge in [0.15, 0.2) is 5.78 Å². The van der Waals surface area contributed by atoms with Gasteiger partial charge in [-0.1, -0.05) is 103 Å². The average molecular weight is 461 g/mol. The van der Waals surface area contributed by atoms with Crippen LogP contribution in [0.15, 0.2) is 12.2 Å². The summed E-state index contributed by atoms with van der Waals surface area (Å²) >= 11 is 0. The summed E-state index contributed by atoms with van der Waals surface area (Å²) in [6, 6.07) is 0. The fourth-order valence-electron chi connectivity index (χ4n) is 4.19. The van der Waals surface area contributed by atoms with Gasteiger partial charge in [-0.05, 0) is 25.7 Å². The molecule has 1 N–H and O–H groups in total. The lowest BCUT2D eigenvalue weighted by Crippen LogP contribution is -2.44. The second kappa shape index (κ2) is 19.3. The van der Waals surface area contributed by atoms with E-state index in [1.165, 1.54) is 89.9 Å². The van der Waals surface area contributed by atoms with Crippen molar-refractivity contribution < 1.29 is 18.5 Å². The molecule has 2 unspecified atom stereocenters. The van der Waals surface area contributed by atoms with Gasteiger partial charge in [0, 0.05) is 6.42 Å². The van der Waals surface area contributed by atoms with E-state index in [1.807, 2.05) is 28.1 Å². The van der Waals surface area contributed by atoms with Gasteiger partial charge < -0.3 is 13.9 Å². The van der Waals surface area contributed by atoms with E-state index >= 15 is 0 Å². The van der Waals surface area contributed by atoms with Gasteiger partial charge in [0.2, 0.25) is 0 Å². The van der Waals surface area contributed by atoms with E-state index in [9.17, 15) is 9.46 Å². The first-order valence-electron chi connectivity index (χ1n) is 13.2. The summed E-state index contributed by atoms with van der Waals surface area (Å²) < 4.78 is 18.4. The van der Waals surface area contributed by atoms with Crippen LogP contribution in [0.1, 0.15) is 123 Å². The van der Waals surface area contributed by atoms with E-state index in [-0.39, 0.29) is 5.78 Å². The topological polar surface area (TPSA) is 46.5 Å². The molecular weight excluding hydrogens is 405 g/mol. The highest BCUT2D eigenvalue weighted by molar-refractivity contribution is 7.53. The summed E-state index contributed by atoms with van der Waals surface area (Å²) in [5.74, 6) is -0.347. The lowest BCUT2D eigenvalue weighted by atomic mass is 10.0. The highest BCUT2D eigenvalue weighted by Gasteiger charge is 2.41. The summed E-state index contributed by atoms with van der Waals surface area (Å²) in [6.07, 6.45) is 25.9. The lowest BCUT2D eigenvalue weighted by molar-refractivity contribution is -0.883. The maximum atomic E-state index is 12.5. The third-order valence-electron chi connectivity index (χ3n) is 6.07. The van der Waals surface area contributed by atoms with Crippen molar-refractivity contribution >= 4 is 7.60 Å². The molecule has 4 nitrogen and oxygen atoms in total. The standard InChI is InChI=1S/C26H54NO3P/c1-6-8-9-10-11-12-13-14-15-16-17-18-19-20-21-22-23-24-25-30-31(28,29)26(7-2)27(3,4)5/h10-11,26H,6-9,12-25H2,1-5H3/p+1/b11-10-. The van der Waals surface area contributed by atoms with Crippen molar-refractivity contribution in [2.24, 2.45) is 0 Å². The Bertz CT molecular complexity index is 474. The predicted octanol–water partition coefficient (Wildman–Crippen LogP) is 8.45. The third-order valence-corrected chi connectivity index (χ3v) is 8.43. The minimum atomic E-state index is -3.55. The second-order valence-electron chi connectivity index (χ2n) is 10.0. The Labute approximate surface area is 195 Å². The van der Waals surface area contributed by atoms with Gasteiger partial charge in [-0.2, -0.15) is 0 Å². The molecule has 186 valence electrons. The molecule has 0 radical (unpaired) electrons. The maximum absolute atomic E-state index is 12.5. The molecule has 0 rings (SSSR count). The van der Waals surface area contributed by atoms with Gasteiger partial charge in [0.05, 0.1) is 27.7 Å². The summed E-state index contributed by atoms with van der Waals surface area (Å²) in [4.78, 5) is 10.3. The fraction of sp³-hybridized carbons (Fsp3) is 0.923. The van der Waals surface area contributed by atoms with Crippen LogP contribution in [0.25, 0.3) is 0 Å². The van der Waals surface area contributed by atoms with Gasteiger partial charge in [0.25, 0.3) is 0 Å². The molecule has 0 spiro atoms. The Morgan fingerprint density at radius 3 is 1.58 bits per heavy atom. The fourth-order valence-corrected chi connectivity index (χ4v) is 6.09. The molecule has 0 aliphatic rings. The molecular formula is C26H55NO3P+. The van der Waals surface area contributed by atoms with Crippen molar-refractivity contribution in [2.75, 3.05) is 27.7 Å². The number of nitrogens with zero attached hydrogens (tertiary/aromatic N) is 1. The van der Waals surface area contributed by atoms with E-state index in [0.29, 0.717) is 17.5 Å². The number of quaternary nitrogens is 1. The van der Waals surface area contributed by atoms with Crippen molar-refractivity contribution in [1.82, 2.24) is 0 Å². The zero-order valence-corrected chi connectivity index (χ0v) is 22.5. The molecule has 0 bridgehead atoms. The normalized spacial score (nSPS) is 15.4. The second-order valence-corrected chi connectivity index (χ2v) is 12.0. The van der Waals surface area contributed by atoms with E-state index in [0.717, 1.165) is 12.8 Å². The van der Waals surface area contributed by atoms with Gasteiger partial charge in [-0.3, -0.25) is 4.57 Å². The van der Waals surface area contributed by atoms with Gasteiger partial charge in [0.1, 0.15) is 0 Å². The van der Waals surface area contributed by atoms with Crippen molar-refractivity contribution in [3.05, 3.63) is 12.2 Å². The number of unbranched alkanes of at least 4 members (excludes halogenated alkanes) is 14. The molecule has 2 atom stereocenters. The highest BCUT2D eigenvalue weighted by atomic mass is 31.2. The van der Waals surface area contributed by atoms with Crippen LogP contribution in [-0.4, -0.2) is 42.9 Å². The van der Waals surface area contributed by atoms with Crippen LogP contribution < -0.4 is 0 Å². The van der Waals surface area contributed by atoms with Gasteiger partial charge >= 0.3 is 7.60 Å². The van der Waals surface area contributed by atoms with Crippen LogP contribution in [0.2, 0.25) is 0 Å². The molecule has 0 saturated carbocycles. The monoisotopic (exact) mass is 460 g/mol. The smallest absolute Gasteiger partial charge is 0.320 e. The molecule has 0 aromatic heterocycles. The van der Waals surface area contributed by atoms with Gasteiger partial charge in [-0.25, -0.2) is 0 Å². The minimum Gasteiger partial charge on any atom is -0.320 e. The van der Waals surface area contributed by atoms with E-state index in [1.54, 1.807) is 0 Å². The number of hydrogen-bond acceptors (Lipinski definition) is 2. The van der Waals surface area contributed by atoms with Crippen LogP contribution in [0, 0.1) is 0 Å². The molecule has 0 saturated heterocycles. The van der Waals surface area contributed by atoms with Crippen molar-refractivity contribution in [1.29, 1.82) is 0 Å². The van der Waals surface area contributed by atoms with E-state index < -0.39 is 7.60 Å². The van der Waals surface area contributed by atoms with Crippen LogP contribution in [0.3, 0.4) is 0 Å². The maximum Gasteiger partial charge on any atom is 0.385 e. The Hall–Kier alpha value is -0.150. The Kier molecular flexibility index (Phi) is 19.2. The SMILES string of the molecule is CCCC/C=C\CCCCCCCCCCCCCCOP(=O)(O)C(CC)[N+](C)(C)C. The first-order chi connectivity index (χ1) is 14.8. The zero-order valence-electron chi connectivity index (χ0n) is 21.6. The van der Waals surface area contributed by atoms with Crippen molar-refractivity contribution in [3.63, 3.8) is 0 Å². The molecule has 0 amide bonds. The molecule has 0 heterocycles. The van der Waals surface area contributed by atoms with Crippen LogP contribution in [0.4, 0.5) is 0 Å². The largest absolute Gasteiger partial charge is 0.385 e. The Morgan fingerprint density at radius 1 is 0.742 bits per heavy atom. The molecule has 0 aliphatic heterocycles. The summed E-state index contributed by atoms with van der Waals surface area (Å²) in [7, 11) is 2.31.